The van der Waals surface area contributed by atoms with Crippen molar-refractivity contribution in [2.45, 2.75) is 30.3 Å². The van der Waals surface area contributed by atoms with Crippen LogP contribution in [0.4, 0.5) is 5.69 Å². The summed E-state index contributed by atoms with van der Waals surface area (Å²) in [6.07, 6.45) is 1.94. The summed E-state index contributed by atoms with van der Waals surface area (Å²) in [5.41, 5.74) is 5.93. The molecule has 106 valence electrons. The van der Waals surface area contributed by atoms with Crippen molar-refractivity contribution in [2.75, 3.05) is 12.3 Å². The lowest BCUT2D eigenvalue weighted by molar-refractivity contribution is 0.178. The number of rotatable bonds is 4. The Balaban J connectivity index is 2.08. The van der Waals surface area contributed by atoms with Crippen LogP contribution in [0.2, 0.25) is 0 Å². The molecule has 1 aliphatic carbocycles. The van der Waals surface area contributed by atoms with Gasteiger partial charge in [-0.25, -0.2) is 13.1 Å². The largest absolute Gasteiger partial charge is 0.398 e. The molecule has 0 radical (unpaired) electrons. The highest BCUT2D eigenvalue weighted by atomic mass is 79.9. The van der Waals surface area contributed by atoms with Gasteiger partial charge >= 0.3 is 0 Å². The van der Waals surface area contributed by atoms with Gasteiger partial charge in [-0.2, -0.15) is 0 Å². The summed E-state index contributed by atoms with van der Waals surface area (Å²) >= 11 is 3.23. The molecule has 1 saturated carbocycles. The van der Waals surface area contributed by atoms with Crippen LogP contribution in [0.25, 0.3) is 0 Å². The molecule has 0 saturated heterocycles. The minimum Gasteiger partial charge on any atom is -0.398 e. The van der Waals surface area contributed by atoms with Gasteiger partial charge in [-0.05, 0) is 43.4 Å². The van der Waals surface area contributed by atoms with Crippen LogP contribution in [0.15, 0.2) is 27.6 Å². The molecular weight excluding hydrogens is 332 g/mol. The molecule has 0 heterocycles. The highest BCUT2D eigenvalue weighted by molar-refractivity contribution is 9.10. The molecule has 1 fully saturated rings. The van der Waals surface area contributed by atoms with Crippen molar-refractivity contribution < 1.29 is 13.5 Å². The molecule has 2 atom stereocenters. The third-order valence-electron chi connectivity index (χ3n) is 3.34. The van der Waals surface area contributed by atoms with Crippen molar-refractivity contribution in [3.8, 4) is 0 Å². The fourth-order valence-corrected chi connectivity index (χ4v) is 4.06. The monoisotopic (exact) mass is 348 g/mol. The molecule has 0 aliphatic heterocycles. The molecule has 19 heavy (non-hydrogen) atoms. The van der Waals surface area contributed by atoms with Crippen molar-refractivity contribution in [2.24, 2.45) is 5.92 Å². The fourth-order valence-electron chi connectivity index (χ4n) is 2.28. The standard InChI is InChI=1S/C12H17BrN2O3S/c13-9-2-4-11(14)12(6-9)19(17,18)15-7-8-1-3-10(16)5-8/h2,4,6,8,10,15-16H,1,3,5,7,14H2. The van der Waals surface area contributed by atoms with Gasteiger partial charge in [-0.3, -0.25) is 0 Å². The van der Waals surface area contributed by atoms with Crippen molar-refractivity contribution in [1.29, 1.82) is 0 Å². The summed E-state index contributed by atoms with van der Waals surface area (Å²) in [6, 6.07) is 4.74. The molecule has 0 amide bonds. The minimum absolute atomic E-state index is 0.0837. The second kappa shape index (κ2) is 5.78. The second-order valence-corrected chi connectivity index (χ2v) is 7.52. The number of sulfonamides is 1. The van der Waals surface area contributed by atoms with Crippen molar-refractivity contribution in [3.63, 3.8) is 0 Å². The lowest BCUT2D eigenvalue weighted by atomic mass is 10.1. The first-order chi connectivity index (χ1) is 8.88. The van der Waals surface area contributed by atoms with Crippen LogP contribution in [0.3, 0.4) is 0 Å². The van der Waals surface area contributed by atoms with E-state index < -0.39 is 10.0 Å². The van der Waals surface area contributed by atoms with Crippen molar-refractivity contribution in [1.82, 2.24) is 4.72 Å². The van der Waals surface area contributed by atoms with Crippen molar-refractivity contribution in [3.05, 3.63) is 22.7 Å². The van der Waals surface area contributed by atoms with Crippen LogP contribution >= 0.6 is 15.9 Å². The number of benzene rings is 1. The predicted molar refractivity (Wildman–Crippen MR) is 77.1 cm³/mol. The molecule has 5 nitrogen and oxygen atoms in total. The average Bonchev–Trinajstić information content (AvgIpc) is 2.76. The number of hydrogen-bond acceptors (Lipinski definition) is 4. The Bertz CT molecular complexity index is 562. The van der Waals surface area contributed by atoms with E-state index in [1.807, 2.05) is 0 Å². The number of nitrogens with one attached hydrogen (secondary N) is 1. The van der Waals surface area contributed by atoms with Crippen LogP contribution in [0, 0.1) is 5.92 Å². The first-order valence-electron chi connectivity index (χ1n) is 6.11. The summed E-state index contributed by atoms with van der Waals surface area (Å²) in [5, 5.41) is 9.42. The van der Waals surface area contributed by atoms with E-state index >= 15 is 0 Å². The van der Waals surface area contributed by atoms with Gasteiger partial charge in [0.15, 0.2) is 0 Å². The molecule has 1 aromatic carbocycles. The van der Waals surface area contributed by atoms with Crippen molar-refractivity contribution >= 4 is 31.6 Å². The van der Waals surface area contributed by atoms with Gasteiger partial charge in [0.2, 0.25) is 10.0 Å². The Hall–Kier alpha value is -0.630. The van der Waals surface area contributed by atoms with Crippen LogP contribution in [-0.4, -0.2) is 26.2 Å². The van der Waals surface area contributed by atoms with E-state index in [0.717, 1.165) is 12.8 Å². The quantitative estimate of drug-likeness (QED) is 0.718. The third-order valence-corrected chi connectivity index (χ3v) is 5.31. The number of aliphatic hydroxyl groups is 1. The first-order valence-corrected chi connectivity index (χ1v) is 8.39. The van der Waals surface area contributed by atoms with Gasteiger partial charge in [0, 0.05) is 11.0 Å². The highest BCUT2D eigenvalue weighted by Gasteiger charge is 2.25. The van der Waals surface area contributed by atoms with Crippen LogP contribution < -0.4 is 10.5 Å². The van der Waals surface area contributed by atoms with Gasteiger partial charge < -0.3 is 10.8 Å². The Morgan fingerprint density at radius 1 is 1.42 bits per heavy atom. The molecular formula is C12H17BrN2O3S. The topological polar surface area (TPSA) is 92.4 Å². The number of halogens is 1. The summed E-state index contributed by atoms with van der Waals surface area (Å²) in [6.45, 7) is 0.339. The van der Waals surface area contributed by atoms with E-state index in [2.05, 4.69) is 20.7 Å². The van der Waals surface area contributed by atoms with Crippen LogP contribution in [0.5, 0.6) is 0 Å². The molecule has 1 aromatic rings. The number of anilines is 1. The van der Waals surface area contributed by atoms with Gasteiger partial charge in [-0.1, -0.05) is 15.9 Å². The van der Waals surface area contributed by atoms with Gasteiger partial charge in [0.25, 0.3) is 0 Å². The molecule has 2 unspecified atom stereocenters. The number of aliphatic hydroxyl groups excluding tert-OH is 1. The van der Waals surface area contributed by atoms with Crippen LogP contribution in [0.1, 0.15) is 19.3 Å². The summed E-state index contributed by atoms with van der Waals surface area (Å²) in [7, 11) is -3.61. The zero-order valence-electron chi connectivity index (χ0n) is 10.3. The zero-order valence-corrected chi connectivity index (χ0v) is 12.7. The first kappa shape index (κ1) is 14.8. The lowest BCUT2D eigenvalue weighted by Gasteiger charge is -2.13. The zero-order chi connectivity index (χ0) is 14.0. The molecule has 0 bridgehead atoms. The van der Waals surface area contributed by atoms with Gasteiger partial charge in [0.1, 0.15) is 4.90 Å². The highest BCUT2D eigenvalue weighted by Crippen LogP contribution is 2.26. The smallest absolute Gasteiger partial charge is 0.242 e. The Labute approximate surface area is 121 Å². The van der Waals surface area contributed by atoms with E-state index in [1.54, 1.807) is 12.1 Å². The normalized spacial score (nSPS) is 23.7. The average molecular weight is 349 g/mol. The predicted octanol–water partition coefficient (Wildman–Crippen LogP) is 1.47. The second-order valence-electron chi connectivity index (χ2n) is 4.87. The summed E-state index contributed by atoms with van der Waals surface area (Å²) in [5.74, 6) is 0.193. The third kappa shape index (κ3) is 3.68. The number of nitrogen functional groups attached to an aromatic ring is 1. The van der Waals surface area contributed by atoms with E-state index in [-0.39, 0.29) is 22.6 Å². The van der Waals surface area contributed by atoms with Gasteiger partial charge in [0.05, 0.1) is 11.8 Å². The Morgan fingerprint density at radius 2 is 2.16 bits per heavy atom. The lowest BCUT2D eigenvalue weighted by Crippen LogP contribution is -2.29. The summed E-state index contributed by atoms with van der Waals surface area (Å²) in [4.78, 5) is 0.0837. The molecule has 0 aromatic heterocycles. The summed E-state index contributed by atoms with van der Waals surface area (Å²) < 4.78 is 27.6. The maximum atomic E-state index is 12.2. The molecule has 2 rings (SSSR count). The van der Waals surface area contributed by atoms with E-state index in [0.29, 0.717) is 17.4 Å². The molecule has 1 aliphatic rings. The minimum atomic E-state index is -3.61. The molecule has 0 spiro atoms. The molecule has 7 heteroatoms. The van der Waals surface area contributed by atoms with E-state index in [4.69, 9.17) is 5.73 Å². The van der Waals surface area contributed by atoms with E-state index in [9.17, 15) is 13.5 Å². The van der Waals surface area contributed by atoms with E-state index in [1.165, 1.54) is 6.07 Å². The number of hydrogen-bond donors (Lipinski definition) is 3. The van der Waals surface area contributed by atoms with Gasteiger partial charge in [-0.15, -0.1) is 0 Å². The molecule has 4 N–H and O–H groups in total. The Kier molecular flexibility index (Phi) is 4.50. The SMILES string of the molecule is Nc1ccc(Br)cc1S(=O)(=O)NCC1CCC(O)C1. The van der Waals surface area contributed by atoms with Crippen LogP contribution in [-0.2, 0) is 10.0 Å². The Morgan fingerprint density at radius 3 is 2.79 bits per heavy atom. The maximum Gasteiger partial charge on any atom is 0.242 e. The fraction of sp³-hybridized carbons (Fsp3) is 0.500. The number of nitrogens with two attached hydrogens (primary N) is 1. The maximum absolute atomic E-state index is 12.2.